The van der Waals surface area contributed by atoms with Gasteiger partial charge in [0.15, 0.2) is 0 Å². The Bertz CT molecular complexity index is 444. The molecule has 1 saturated heterocycles. The second-order valence-electron chi connectivity index (χ2n) is 6.54. The fraction of sp³-hybridized carbons (Fsp3) is 0.667. The highest BCUT2D eigenvalue weighted by Gasteiger charge is 2.22. The van der Waals surface area contributed by atoms with Crippen molar-refractivity contribution in [3.63, 3.8) is 0 Å². The van der Waals surface area contributed by atoms with Gasteiger partial charge in [-0.25, -0.2) is 0 Å². The number of rotatable bonds is 5. The van der Waals surface area contributed by atoms with E-state index in [1.165, 1.54) is 51.6 Å². The monoisotopic (exact) mass is 288 g/mol. The molecule has 0 saturated carbocycles. The number of nitrogens with zero attached hydrogens (tertiary/aromatic N) is 1. The number of likely N-dealkylation sites (tertiary alicyclic amines) is 1. The number of piperidine rings is 1. The maximum Gasteiger partial charge on any atom is 0.117 e. The summed E-state index contributed by atoms with van der Waals surface area (Å²) < 4.78 is 5.44. The van der Waals surface area contributed by atoms with Crippen LogP contribution in [0.3, 0.4) is 0 Å². The summed E-state index contributed by atoms with van der Waals surface area (Å²) in [6, 6.07) is 5.29. The predicted molar refractivity (Wildman–Crippen MR) is 86.2 cm³/mol. The maximum atomic E-state index is 5.44. The van der Waals surface area contributed by atoms with Crippen LogP contribution in [0, 0.1) is 0 Å². The topological polar surface area (TPSA) is 28.4 Å². The van der Waals surface area contributed by atoms with E-state index < -0.39 is 0 Å². The molecule has 0 aromatic carbocycles. The highest BCUT2D eigenvalue weighted by atomic mass is 16.3. The first-order valence-electron chi connectivity index (χ1n) is 8.51. The van der Waals surface area contributed by atoms with Gasteiger partial charge >= 0.3 is 0 Å². The van der Waals surface area contributed by atoms with Gasteiger partial charge in [-0.05, 0) is 57.6 Å². The summed E-state index contributed by atoms with van der Waals surface area (Å²) in [4.78, 5) is 2.50. The Kier molecular flexibility index (Phi) is 5.15. The van der Waals surface area contributed by atoms with Gasteiger partial charge < -0.3 is 9.73 Å². The van der Waals surface area contributed by atoms with Crippen LogP contribution in [0.5, 0.6) is 0 Å². The van der Waals surface area contributed by atoms with Crippen LogP contribution < -0.4 is 5.32 Å². The van der Waals surface area contributed by atoms with Gasteiger partial charge in [0.2, 0.25) is 0 Å². The lowest BCUT2D eigenvalue weighted by atomic mass is 9.93. The molecular weight excluding hydrogens is 260 g/mol. The van der Waals surface area contributed by atoms with Gasteiger partial charge in [0.1, 0.15) is 5.76 Å². The lowest BCUT2D eigenvalue weighted by Crippen LogP contribution is -2.45. The van der Waals surface area contributed by atoms with E-state index in [0.29, 0.717) is 12.1 Å². The summed E-state index contributed by atoms with van der Waals surface area (Å²) in [5.74, 6) is 1.09. The second-order valence-corrected chi connectivity index (χ2v) is 6.54. The van der Waals surface area contributed by atoms with Gasteiger partial charge in [-0.3, -0.25) is 4.90 Å². The molecule has 1 fully saturated rings. The quantitative estimate of drug-likeness (QED) is 0.837. The normalized spacial score (nSPS) is 23.0. The van der Waals surface area contributed by atoms with Gasteiger partial charge in [-0.15, -0.1) is 0 Å². The molecule has 1 aliphatic heterocycles. The van der Waals surface area contributed by atoms with Crippen molar-refractivity contribution in [2.24, 2.45) is 0 Å². The van der Waals surface area contributed by atoms with Crippen LogP contribution >= 0.6 is 0 Å². The van der Waals surface area contributed by atoms with Crippen molar-refractivity contribution in [3.05, 3.63) is 35.8 Å². The van der Waals surface area contributed by atoms with E-state index in [2.05, 4.69) is 29.3 Å². The summed E-state index contributed by atoms with van der Waals surface area (Å²) in [7, 11) is 0. The number of hydrogen-bond acceptors (Lipinski definition) is 3. The molecule has 1 unspecified atom stereocenters. The average Bonchev–Trinajstić information content (AvgIpc) is 3.03. The molecule has 1 atom stereocenters. The summed E-state index contributed by atoms with van der Waals surface area (Å²) in [6.07, 6.45) is 12.1. The van der Waals surface area contributed by atoms with Crippen molar-refractivity contribution < 1.29 is 4.42 Å². The third kappa shape index (κ3) is 4.21. The first kappa shape index (κ1) is 14.9. The van der Waals surface area contributed by atoms with E-state index in [4.69, 9.17) is 4.42 Å². The van der Waals surface area contributed by atoms with Crippen molar-refractivity contribution in [2.45, 2.75) is 64.1 Å². The SMILES string of the molecule is CC(NC1CCN(Cc2ccco2)CC1)C1=CCCCC1. The average molecular weight is 288 g/mol. The molecule has 3 heteroatoms. The Balaban J connectivity index is 1.42. The molecule has 2 aliphatic rings. The standard InChI is InChI=1S/C18H28N2O/c1-15(16-6-3-2-4-7-16)19-17-9-11-20(12-10-17)14-18-8-5-13-21-18/h5-6,8,13,15,17,19H,2-4,7,9-12,14H2,1H3. The number of nitrogens with one attached hydrogen (secondary N) is 1. The van der Waals surface area contributed by atoms with Crippen LogP contribution in [-0.2, 0) is 6.54 Å². The van der Waals surface area contributed by atoms with Crippen LogP contribution in [0.25, 0.3) is 0 Å². The van der Waals surface area contributed by atoms with E-state index in [9.17, 15) is 0 Å². The summed E-state index contributed by atoms with van der Waals surface area (Å²) >= 11 is 0. The predicted octanol–water partition coefficient (Wildman–Crippen LogP) is 3.72. The molecule has 21 heavy (non-hydrogen) atoms. The Hall–Kier alpha value is -1.06. The molecule has 0 spiro atoms. The van der Waals surface area contributed by atoms with E-state index >= 15 is 0 Å². The number of allylic oxidation sites excluding steroid dienone is 1. The Labute approximate surface area is 128 Å². The molecule has 0 amide bonds. The summed E-state index contributed by atoms with van der Waals surface area (Å²) in [5, 5.41) is 3.85. The Morgan fingerprint density at radius 2 is 2.19 bits per heavy atom. The minimum absolute atomic E-state index is 0.562. The number of furan rings is 1. The van der Waals surface area contributed by atoms with Crippen molar-refractivity contribution in [1.82, 2.24) is 10.2 Å². The summed E-state index contributed by atoms with van der Waals surface area (Å²) in [5.41, 5.74) is 1.64. The van der Waals surface area contributed by atoms with E-state index in [0.717, 1.165) is 12.3 Å². The second kappa shape index (κ2) is 7.28. The third-order valence-electron chi connectivity index (χ3n) is 4.92. The van der Waals surface area contributed by atoms with Gasteiger partial charge in [0, 0.05) is 25.2 Å². The zero-order valence-electron chi connectivity index (χ0n) is 13.2. The van der Waals surface area contributed by atoms with E-state index in [1.807, 2.05) is 6.07 Å². The highest BCUT2D eigenvalue weighted by Crippen LogP contribution is 2.22. The molecule has 3 nitrogen and oxygen atoms in total. The van der Waals surface area contributed by atoms with Crippen LogP contribution in [0.2, 0.25) is 0 Å². The van der Waals surface area contributed by atoms with Crippen molar-refractivity contribution in [3.8, 4) is 0 Å². The largest absolute Gasteiger partial charge is 0.468 e. The molecule has 1 aromatic rings. The number of hydrogen-bond donors (Lipinski definition) is 1. The van der Waals surface area contributed by atoms with Crippen LogP contribution in [0.15, 0.2) is 34.5 Å². The minimum Gasteiger partial charge on any atom is -0.468 e. The molecule has 3 rings (SSSR count). The maximum absolute atomic E-state index is 5.44. The van der Waals surface area contributed by atoms with Gasteiger partial charge in [0.05, 0.1) is 12.8 Å². The van der Waals surface area contributed by atoms with Gasteiger partial charge in [-0.1, -0.05) is 11.6 Å². The smallest absolute Gasteiger partial charge is 0.117 e. The van der Waals surface area contributed by atoms with E-state index in [1.54, 1.807) is 11.8 Å². The molecular formula is C18H28N2O. The Morgan fingerprint density at radius 3 is 2.86 bits per heavy atom. The fourth-order valence-electron chi connectivity index (χ4n) is 3.60. The molecule has 1 N–H and O–H groups in total. The zero-order valence-corrected chi connectivity index (χ0v) is 13.2. The lowest BCUT2D eigenvalue weighted by molar-refractivity contribution is 0.176. The summed E-state index contributed by atoms with van der Waals surface area (Å²) in [6.45, 7) is 5.64. The molecule has 1 aromatic heterocycles. The molecule has 1 aliphatic carbocycles. The first-order chi connectivity index (χ1) is 10.3. The molecule has 116 valence electrons. The highest BCUT2D eigenvalue weighted by molar-refractivity contribution is 5.12. The fourth-order valence-corrected chi connectivity index (χ4v) is 3.60. The van der Waals surface area contributed by atoms with Crippen LogP contribution in [0.1, 0.15) is 51.2 Å². The van der Waals surface area contributed by atoms with Gasteiger partial charge in [0.25, 0.3) is 0 Å². The van der Waals surface area contributed by atoms with Crippen molar-refractivity contribution >= 4 is 0 Å². The van der Waals surface area contributed by atoms with Crippen LogP contribution in [-0.4, -0.2) is 30.1 Å². The zero-order chi connectivity index (χ0) is 14.5. The van der Waals surface area contributed by atoms with Gasteiger partial charge in [-0.2, -0.15) is 0 Å². The Morgan fingerprint density at radius 1 is 1.33 bits per heavy atom. The van der Waals surface area contributed by atoms with Crippen molar-refractivity contribution in [2.75, 3.05) is 13.1 Å². The molecule has 2 heterocycles. The minimum atomic E-state index is 0.562. The molecule has 0 bridgehead atoms. The van der Waals surface area contributed by atoms with E-state index in [-0.39, 0.29) is 0 Å². The lowest BCUT2D eigenvalue weighted by Gasteiger charge is -2.34. The van der Waals surface area contributed by atoms with Crippen LogP contribution in [0.4, 0.5) is 0 Å². The molecule has 0 radical (unpaired) electrons. The third-order valence-corrected chi connectivity index (χ3v) is 4.92. The first-order valence-corrected chi connectivity index (χ1v) is 8.51. The van der Waals surface area contributed by atoms with Crippen molar-refractivity contribution in [1.29, 1.82) is 0 Å².